The Balaban J connectivity index is 1.42. The van der Waals surface area contributed by atoms with Gasteiger partial charge in [0.1, 0.15) is 5.82 Å². The van der Waals surface area contributed by atoms with Gasteiger partial charge in [-0.2, -0.15) is 5.26 Å². The number of benzene rings is 2. The molecule has 1 fully saturated rings. The van der Waals surface area contributed by atoms with Crippen molar-refractivity contribution in [2.45, 2.75) is 19.9 Å². The van der Waals surface area contributed by atoms with Crippen LogP contribution in [0.2, 0.25) is 0 Å². The number of carbonyl (C=O) groups excluding carboxylic acids is 2. The molecule has 0 bridgehead atoms. The average molecular weight is 445 g/mol. The minimum Gasteiger partial charge on any atom is -0.366 e. The first kappa shape index (κ1) is 22.3. The molecule has 7 heteroatoms. The van der Waals surface area contributed by atoms with Crippen LogP contribution in [0.4, 0.5) is 10.1 Å². The number of nitrogens with zero attached hydrogens (tertiary/aromatic N) is 4. The number of aryl methyl sites for hydroxylation is 1. The number of para-hydroxylation sites is 1. The number of piperazine rings is 1. The van der Waals surface area contributed by atoms with Crippen molar-refractivity contribution in [1.82, 2.24) is 9.47 Å². The Hall–Kier alpha value is -3.92. The fourth-order valence-electron chi connectivity index (χ4n) is 4.18. The molecule has 6 nitrogen and oxygen atoms in total. The zero-order chi connectivity index (χ0) is 23.4. The Kier molecular flexibility index (Phi) is 6.55. The summed E-state index contributed by atoms with van der Waals surface area (Å²) in [6, 6.07) is 14.6. The first-order valence-electron chi connectivity index (χ1n) is 10.9. The number of amides is 1. The smallest absolute Gasteiger partial charge is 0.246 e. The lowest BCUT2D eigenvalue weighted by Gasteiger charge is -2.35. The summed E-state index contributed by atoms with van der Waals surface area (Å²) >= 11 is 0. The van der Waals surface area contributed by atoms with Gasteiger partial charge in [-0.05, 0) is 37.3 Å². The molecule has 1 aliphatic heterocycles. The minimum atomic E-state index is -0.421. The minimum absolute atomic E-state index is 0.0871. The normalized spacial score (nSPS) is 14.1. The molecule has 2 aromatic carbocycles. The van der Waals surface area contributed by atoms with Crippen molar-refractivity contribution in [3.8, 4) is 6.07 Å². The van der Waals surface area contributed by atoms with Crippen LogP contribution in [0.25, 0.3) is 17.0 Å². The highest BCUT2D eigenvalue weighted by molar-refractivity contribution is 5.96. The number of nitriles is 1. The lowest BCUT2D eigenvalue weighted by Crippen LogP contribution is -2.48. The van der Waals surface area contributed by atoms with Gasteiger partial charge in [-0.1, -0.05) is 18.2 Å². The van der Waals surface area contributed by atoms with Crippen LogP contribution >= 0.6 is 0 Å². The maximum absolute atomic E-state index is 14.5. The van der Waals surface area contributed by atoms with E-state index in [9.17, 15) is 14.0 Å². The number of hydrogen-bond donors (Lipinski definition) is 0. The van der Waals surface area contributed by atoms with Crippen molar-refractivity contribution in [3.05, 3.63) is 71.7 Å². The molecule has 33 heavy (non-hydrogen) atoms. The van der Waals surface area contributed by atoms with Crippen molar-refractivity contribution >= 4 is 34.4 Å². The summed E-state index contributed by atoms with van der Waals surface area (Å²) in [5.74, 6) is -0.679. The van der Waals surface area contributed by atoms with E-state index in [0.29, 0.717) is 50.4 Å². The highest BCUT2D eigenvalue weighted by Crippen LogP contribution is 2.24. The first-order chi connectivity index (χ1) is 16.0. The second-order valence-electron chi connectivity index (χ2n) is 8.07. The van der Waals surface area contributed by atoms with E-state index < -0.39 is 5.82 Å². The molecule has 0 spiro atoms. The predicted molar refractivity (Wildman–Crippen MR) is 126 cm³/mol. The Morgan fingerprint density at radius 3 is 2.58 bits per heavy atom. The van der Waals surface area contributed by atoms with E-state index in [0.717, 1.165) is 16.5 Å². The van der Waals surface area contributed by atoms with Crippen LogP contribution in [0.5, 0.6) is 0 Å². The third kappa shape index (κ3) is 4.80. The second kappa shape index (κ2) is 9.70. The Morgan fingerprint density at radius 2 is 1.88 bits per heavy atom. The molecule has 0 unspecified atom stereocenters. The number of rotatable bonds is 6. The van der Waals surface area contributed by atoms with E-state index >= 15 is 0 Å². The third-order valence-corrected chi connectivity index (χ3v) is 5.98. The van der Waals surface area contributed by atoms with Crippen LogP contribution in [0, 0.1) is 17.1 Å². The van der Waals surface area contributed by atoms with E-state index in [4.69, 9.17) is 5.26 Å². The zero-order valence-corrected chi connectivity index (χ0v) is 18.5. The number of anilines is 1. The molecule has 0 N–H and O–H groups in total. The number of hydrogen-bond acceptors (Lipinski definition) is 4. The molecule has 0 aliphatic carbocycles. The number of ketones is 1. The van der Waals surface area contributed by atoms with Crippen LogP contribution in [0.1, 0.15) is 29.3 Å². The number of halogens is 1. The summed E-state index contributed by atoms with van der Waals surface area (Å²) in [4.78, 5) is 27.9. The summed E-state index contributed by atoms with van der Waals surface area (Å²) in [5, 5.41) is 9.94. The first-order valence-corrected chi connectivity index (χ1v) is 10.9. The van der Waals surface area contributed by atoms with Crippen LogP contribution in [0.3, 0.4) is 0 Å². The zero-order valence-electron chi connectivity index (χ0n) is 18.5. The van der Waals surface area contributed by atoms with Crippen molar-refractivity contribution in [3.63, 3.8) is 0 Å². The topological polar surface area (TPSA) is 69.3 Å². The molecule has 168 valence electrons. The van der Waals surface area contributed by atoms with Crippen LogP contribution < -0.4 is 4.90 Å². The molecule has 1 aliphatic rings. The van der Waals surface area contributed by atoms with Crippen LogP contribution in [0.15, 0.2) is 54.7 Å². The van der Waals surface area contributed by atoms with Gasteiger partial charge >= 0.3 is 0 Å². The fourth-order valence-corrected chi connectivity index (χ4v) is 4.18. The van der Waals surface area contributed by atoms with Gasteiger partial charge in [0, 0.05) is 67.0 Å². The van der Waals surface area contributed by atoms with E-state index in [1.807, 2.05) is 46.0 Å². The van der Waals surface area contributed by atoms with Crippen molar-refractivity contribution < 1.29 is 14.0 Å². The largest absolute Gasteiger partial charge is 0.366 e. The Labute approximate surface area is 192 Å². The summed E-state index contributed by atoms with van der Waals surface area (Å²) in [5.41, 5.74) is 2.77. The lowest BCUT2D eigenvalue weighted by atomic mass is 10.1. The van der Waals surface area contributed by atoms with Gasteiger partial charge in [-0.3, -0.25) is 9.59 Å². The number of carbonyl (C=O) groups is 2. The maximum atomic E-state index is 14.5. The van der Waals surface area contributed by atoms with Gasteiger partial charge in [-0.15, -0.1) is 0 Å². The molecule has 1 saturated heterocycles. The van der Waals surface area contributed by atoms with Crippen molar-refractivity contribution in [1.29, 1.82) is 5.26 Å². The molecule has 0 atom stereocenters. The van der Waals surface area contributed by atoms with Gasteiger partial charge < -0.3 is 14.4 Å². The number of fused-ring (bicyclic) bond motifs is 1. The van der Waals surface area contributed by atoms with Crippen molar-refractivity contribution in [2.75, 3.05) is 31.1 Å². The molecule has 2 heterocycles. The fraction of sp³-hybridized carbons (Fsp3) is 0.269. The number of Topliss-reactive ketones (excluding diaryl/α,β-unsaturated/α-hetero) is 1. The van der Waals surface area contributed by atoms with Gasteiger partial charge in [-0.25, -0.2) is 4.39 Å². The SMILES string of the molecule is CC(=O)c1ccc(N2CCN(C(=O)/C=C/c3cn(CCC#N)c4ccccc34)CC2)c(F)c1. The van der Waals surface area contributed by atoms with Gasteiger partial charge in [0.15, 0.2) is 5.78 Å². The molecule has 1 amide bonds. The van der Waals surface area contributed by atoms with Crippen LogP contribution in [-0.4, -0.2) is 47.3 Å². The lowest BCUT2D eigenvalue weighted by molar-refractivity contribution is -0.126. The van der Waals surface area contributed by atoms with Gasteiger partial charge in [0.25, 0.3) is 0 Å². The van der Waals surface area contributed by atoms with E-state index in [1.165, 1.54) is 13.0 Å². The molecular formula is C26H25FN4O2. The second-order valence-corrected chi connectivity index (χ2v) is 8.07. The molecule has 4 rings (SSSR count). The molecule has 0 saturated carbocycles. The Morgan fingerprint density at radius 1 is 1.12 bits per heavy atom. The monoisotopic (exact) mass is 444 g/mol. The number of aromatic nitrogens is 1. The molecule has 0 radical (unpaired) electrons. The van der Waals surface area contributed by atoms with Gasteiger partial charge in [0.2, 0.25) is 5.91 Å². The van der Waals surface area contributed by atoms with E-state index in [1.54, 1.807) is 23.1 Å². The highest BCUT2D eigenvalue weighted by atomic mass is 19.1. The average Bonchev–Trinajstić information content (AvgIpc) is 3.19. The van der Waals surface area contributed by atoms with Crippen molar-refractivity contribution in [2.24, 2.45) is 0 Å². The Bertz CT molecular complexity index is 1260. The van der Waals surface area contributed by atoms with Crippen LogP contribution in [-0.2, 0) is 11.3 Å². The standard InChI is InChI=1S/C26H25FN4O2/c1-19(32)20-7-9-25(23(27)17-20)29-13-15-30(16-14-29)26(33)10-8-21-18-31(12-4-11-28)24-6-3-2-5-22(21)24/h2-3,5-10,17-18H,4,12-16H2,1H3/b10-8+. The van der Waals surface area contributed by atoms with E-state index in [2.05, 4.69) is 6.07 Å². The summed E-state index contributed by atoms with van der Waals surface area (Å²) in [7, 11) is 0. The predicted octanol–water partition coefficient (Wildman–Crippen LogP) is 4.26. The van der Waals surface area contributed by atoms with E-state index in [-0.39, 0.29) is 11.7 Å². The maximum Gasteiger partial charge on any atom is 0.246 e. The van der Waals surface area contributed by atoms with Gasteiger partial charge in [0.05, 0.1) is 18.2 Å². The highest BCUT2D eigenvalue weighted by Gasteiger charge is 2.22. The summed E-state index contributed by atoms with van der Waals surface area (Å²) in [6.07, 6.45) is 5.79. The summed E-state index contributed by atoms with van der Waals surface area (Å²) in [6.45, 7) is 4.02. The third-order valence-electron chi connectivity index (χ3n) is 5.98. The molecule has 3 aromatic rings. The molecule has 1 aromatic heterocycles. The molecular weight excluding hydrogens is 419 g/mol. The summed E-state index contributed by atoms with van der Waals surface area (Å²) < 4.78 is 16.5. The quantitative estimate of drug-likeness (QED) is 0.421.